The van der Waals surface area contributed by atoms with Crippen LogP contribution in [-0.2, 0) is 4.79 Å². The van der Waals surface area contributed by atoms with Crippen molar-refractivity contribution in [2.45, 2.75) is 34.6 Å². The second-order valence-electron chi connectivity index (χ2n) is 5.88. The summed E-state index contributed by atoms with van der Waals surface area (Å²) in [6, 6.07) is 10.1. The number of nitrogens with one attached hydrogen (secondary N) is 1. The number of amides is 1. The lowest BCUT2D eigenvalue weighted by Gasteiger charge is -2.14. The maximum Gasteiger partial charge on any atom is 0.262 e. The van der Waals surface area contributed by atoms with Gasteiger partial charge in [-0.15, -0.1) is 0 Å². The highest BCUT2D eigenvalue weighted by Gasteiger charge is 2.09. The van der Waals surface area contributed by atoms with E-state index in [0.29, 0.717) is 0 Å². The van der Waals surface area contributed by atoms with Gasteiger partial charge >= 0.3 is 0 Å². The van der Waals surface area contributed by atoms with Gasteiger partial charge in [-0.2, -0.15) is 0 Å². The first kappa shape index (κ1) is 16.1. The lowest BCUT2D eigenvalue weighted by atomic mass is 10.1. The third kappa shape index (κ3) is 3.88. The number of aryl methyl sites for hydroxylation is 5. The summed E-state index contributed by atoms with van der Waals surface area (Å²) < 4.78 is 5.71. The van der Waals surface area contributed by atoms with Gasteiger partial charge in [0.1, 0.15) is 5.75 Å². The standard InChI is InChI=1S/C19H23NO2/c1-12-6-7-14(3)17(10-12)20-18(21)11-22-19-15(4)8-13(2)9-16(19)5/h6-10H,11H2,1-5H3,(H,20,21). The molecule has 3 nitrogen and oxygen atoms in total. The van der Waals surface area contributed by atoms with E-state index >= 15 is 0 Å². The molecule has 0 aliphatic heterocycles. The van der Waals surface area contributed by atoms with E-state index < -0.39 is 0 Å². The average Bonchev–Trinajstić information content (AvgIpc) is 2.41. The largest absolute Gasteiger partial charge is 0.483 e. The van der Waals surface area contributed by atoms with Gasteiger partial charge in [0.25, 0.3) is 5.91 Å². The van der Waals surface area contributed by atoms with Crippen molar-refractivity contribution in [1.29, 1.82) is 0 Å². The summed E-state index contributed by atoms with van der Waals surface area (Å²) in [6.07, 6.45) is 0. The first-order valence-corrected chi connectivity index (χ1v) is 7.44. The van der Waals surface area contributed by atoms with Crippen LogP contribution in [0.15, 0.2) is 30.3 Å². The Morgan fingerprint density at radius 1 is 0.909 bits per heavy atom. The van der Waals surface area contributed by atoms with Gasteiger partial charge < -0.3 is 10.1 Å². The van der Waals surface area contributed by atoms with E-state index in [-0.39, 0.29) is 12.5 Å². The number of carbonyl (C=O) groups excluding carboxylic acids is 1. The van der Waals surface area contributed by atoms with Crippen molar-refractivity contribution in [3.8, 4) is 5.75 Å². The Morgan fingerprint density at radius 3 is 2.18 bits per heavy atom. The van der Waals surface area contributed by atoms with Crippen LogP contribution < -0.4 is 10.1 Å². The van der Waals surface area contributed by atoms with Crippen LogP contribution in [-0.4, -0.2) is 12.5 Å². The van der Waals surface area contributed by atoms with E-state index in [9.17, 15) is 4.79 Å². The smallest absolute Gasteiger partial charge is 0.262 e. The van der Waals surface area contributed by atoms with Crippen molar-refractivity contribution in [2.24, 2.45) is 0 Å². The molecule has 0 bridgehead atoms. The van der Waals surface area contributed by atoms with Crippen LogP contribution in [0.1, 0.15) is 27.8 Å². The Hall–Kier alpha value is -2.29. The zero-order chi connectivity index (χ0) is 16.3. The van der Waals surface area contributed by atoms with Crippen LogP contribution in [0.4, 0.5) is 5.69 Å². The van der Waals surface area contributed by atoms with Crippen LogP contribution >= 0.6 is 0 Å². The Bertz CT molecular complexity index is 682. The Kier molecular flexibility index (Phi) is 4.86. The average molecular weight is 297 g/mol. The summed E-state index contributed by atoms with van der Waals surface area (Å²) in [7, 11) is 0. The molecular weight excluding hydrogens is 274 g/mol. The molecule has 0 fully saturated rings. The summed E-state index contributed by atoms with van der Waals surface area (Å²) in [5.41, 5.74) is 6.30. The number of hydrogen-bond acceptors (Lipinski definition) is 2. The minimum atomic E-state index is -0.145. The SMILES string of the molecule is Cc1cc(C)c(OCC(=O)Nc2cc(C)ccc2C)c(C)c1. The molecule has 0 atom stereocenters. The van der Waals surface area contributed by atoms with Gasteiger partial charge in [-0.1, -0.05) is 29.8 Å². The number of ether oxygens (including phenoxy) is 1. The number of hydrogen-bond donors (Lipinski definition) is 1. The monoisotopic (exact) mass is 297 g/mol. The molecule has 2 aromatic rings. The molecule has 0 heterocycles. The molecule has 0 aromatic heterocycles. The highest BCUT2D eigenvalue weighted by Crippen LogP contribution is 2.24. The van der Waals surface area contributed by atoms with Crippen molar-refractivity contribution in [3.63, 3.8) is 0 Å². The molecule has 0 aliphatic rings. The quantitative estimate of drug-likeness (QED) is 0.916. The van der Waals surface area contributed by atoms with E-state index in [4.69, 9.17) is 4.74 Å². The minimum Gasteiger partial charge on any atom is -0.483 e. The van der Waals surface area contributed by atoms with Crippen LogP contribution in [0.2, 0.25) is 0 Å². The van der Waals surface area contributed by atoms with E-state index in [1.807, 2.05) is 45.9 Å². The summed E-state index contributed by atoms with van der Waals surface area (Å²) in [5, 5.41) is 2.91. The number of anilines is 1. The zero-order valence-corrected chi connectivity index (χ0v) is 13.9. The van der Waals surface area contributed by atoms with E-state index in [1.54, 1.807) is 0 Å². The Labute approximate surface area is 132 Å². The van der Waals surface area contributed by atoms with Crippen LogP contribution in [0.5, 0.6) is 5.75 Å². The fraction of sp³-hybridized carbons (Fsp3) is 0.316. The zero-order valence-electron chi connectivity index (χ0n) is 13.9. The number of benzene rings is 2. The van der Waals surface area contributed by atoms with Gasteiger partial charge in [-0.25, -0.2) is 0 Å². The second-order valence-corrected chi connectivity index (χ2v) is 5.88. The summed E-state index contributed by atoms with van der Waals surface area (Å²) in [6.45, 7) is 10.0. The molecule has 0 saturated carbocycles. The topological polar surface area (TPSA) is 38.3 Å². The first-order valence-electron chi connectivity index (χ1n) is 7.44. The lowest BCUT2D eigenvalue weighted by molar-refractivity contribution is -0.118. The van der Waals surface area contributed by atoms with Crippen molar-refractivity contribution in [3.05, 3.63) is 58.1 Å². The lowest BCUT2D eigenvalue weighted by Crippen LogP contribution is -2.21. The van der Waals surface area contributed by atoms with Crippen molar-refractivity contribution < 1.29 is 9.53 Å². The molecule has 1 amide bonds. The molecule has 1 N–H and O–H groups in total. The molecule has 22 heavy (non-hydrogen) atoms. The van der Waals surface area contributed by atoms with Crippen LogP contribution in [0, 0.1) is 34.6 Å². The van der Waals surface area contributed by atoms with Crippen molar-refractivity contribution in [1.82, 2.24) is 0 Å². The van der Waals surface area contributed by atoms with Gasteiger partial charge in [-0.3, -0.25) is 4.79 Å². The number of carbonyl (C=O) groups is 1. The fourth-order valence-electron chi connectivity index (χ4n) is 2.59. The molecule has 0 unspecified atom stereocenters. The van der Waals surface area contributed by atoms with Crippen LogP contribution in [0.25, 0.3) is 0 Å². The maximum atomic E-state index is 12.1. The molecule has 0 saturated heterocycles. The second kappa shape index (κ2) is 6.65. The normalized spacial score (nSPS) is 10.4. The fourth-order valence-corrected chi connectivity index (χ4v) is 2.59. The van der Waals surface area contributed by atoms with E-state index in [1.165, 1.54) is 5.56 Å². The van der Waals surface area contributed by atoms with Gasteiger partial charge in [-0.05, 0) is 62.9 Å². The van der Waals surface area contributed by atoms with Gasteiger partial charge in [0.15, 0.2) is 6.61 Å². The van der Waals surface area contributed by atoms with Crippen molar-refractivity contribution >= 4 is 11.6 Å². The molecular formula is C19H23NO2. The highest BCUT2D eigenvalue weighted by molar-refractivity contribution is 5.92. The summed E-state index contributed by atoms with van der Waals surface area (Å²) in [4.78, 5) is 12.1. The van der Waals surface area contributed by atoms with Gasteiger partial charge in [0.05, 0.1) is 0 Å². The molecule has 0 aliphatic carbocycles. The number of rotatable bonds is 4. The molecule has 0 spiro atoms. The first-order chi connectivity index (χ1) is 10.4. The van der Waals surface area contributed by atoms with Crippen molar-refractivity contribution in [2.75, 3.05) is 11.9 Å². The van der Waals surface area contributed by atoms with E-state index in [2.05, 4.69) is 24.4 Å². The third-order valence-electron chi connectivity index (χ3n) is 3.62. The van der Waals surface area contributed by atoms with E-state index in [0.717, 1.165) is 33.7 Å². The van der Waals surface area contributed by atoms with Gasteiger partial charge in [0, 0.05) is 5.69 Å². The minimum absolute atomic E-state index is 0.0120. The maximum absolute atomic E-state index is 12.1. The molecule has 2 aromatic carbocycles. The summed E-state index contributed by atoms with van der Waals surface area (Å²) >= 11 is 0. The third-order valence-corrected chi connectivity index (χ3v) is 3.62. The summed E-state index contributed by atoms with van der Waals surface area (Å²) in [5.74, 6) is 0.648. The Morgan fingerprint density at radius 2 is 1.55 bits per heavy atom. The van der Waals surface area contributed by atoms with Crippen LogP contribution in [0.3, 0.4) is 0 Å². The molecule has 0 radical (unpaired) electrons. The Balaban J connectivity index is 2.03. The molecule has 2 rings (SSSR count). The molecule has 3 heteroatoms. The van der Waals surface area contributed by atoms with Gasteiger partial charge in [0.2, 0.25) is 0 Å². The molecule has 116 valence electrons. The highest BCUT2D eigenvalue weighted by atomic mass is 16.5. The predicted molar refractivity (Wildman–Crippen MR) is 90.7 cm³/mol. The predicted octanol–water partition coefficient (Wildman–Crippen LogP) is 4.25.